The van der Waals surface area contributed by atoms with Crippen molar-refractivity contribution in [3.63, 3.8) is 0 Å². The van der Waals surface area contributed by atoms with Crippen molar-refractivity contribution < 1.29 is 9.47 Å². The molecule has 0 aliphatic rings. The maximum absolute atomic E-state index is 5.92. The molecule has 112 valence electrons. The highest BCUT2D eigenvalue weighted by atomic mass is 16.5. The van der Waals surface area contributed by atoms with Gasteiger partial charge in [0.1, 0.15) is 11.5 Å². The fraction of sp³-hybridized carbons (Fsp3) is 0.368. The summed E-state index contributed by atoms with van der Waals surface area (Å²) in [6.07, 6.45) is 0.349. The van der Waals surface area contributed by atoms with Crippen molar-refractivity contribution in [3.8, 4) is 22.6 Å². The molecular formula is C19H24O2. The summed E-state index contributed by atoms with van der Waals surface area (Å²) < 4.78 is 11.7. The molecule has 2 rings (SSSR count). The Balaban J connectivity index is 2.38. The van der Waals surface area contributed by atoms with Gasteiger partial charge >= 0.3 is 0 Å². The molecule has 21 heavy (non-hydrogen) atoms. The molecule has 0 unspecified atom stereocenters. The summed E-state index contributed by atoms with van der Waals surface area (Å²) in [5, 5.41) is 0. The van der Waals surface area contributed by atoms with Crippen LogP contribution in [0.4, 0.5) is 0 Å². The SMILES string of the molecule is Cc1cc(OC(C)C)ccc1-c1ccccc1OC(C)C. The van der Waals surface area contributed by atoms with Crippen LogP contribution in [0.1, 0.15) is 33.3 Å². The number of hydrogen-bond acceptors (Lipinski definition) is 2. The lowest BCUT2D eigenvalue weighted by Crippen LogP contribution is -2.07. The van der Waals surface area contributed by atoms with E-state index in [0.29, 0.717) is 0 Å². The van der Waals surface area contributed by atoms with Crippen molar-refractivity contribution in [2.75, 3.05) is 0 Å². The Morgan fingerprint density at radius 1 is 0.762 bits per heavy atom. The molecule has 0 atom stereocenters. The first-order chi connectivity index (χ1) is 9.97. The number of benzene rings is 2. The monoisotopic (exact) mass is 284 g/mol. The van der Waals surface area contributed by atoms with Crippen molar-refractivity contribution in [1.82, 2.24) is 0 Å². The van der Waals surface area contributed by atoms with Crippen LogP contribution < -0.4 is 9.47 Å². The second-order valence-corrected chi connectivity index (χ2v) is 5.81. The van der Waals surface area contributed by atoms with Crippen molar-refractivity contribution in [1.29, 1.82) is 0 Å². The highest BCUT2D eigenvalue weighted by Crippen LogP contribution is 2.34. The molecule has 0 radical (unpaired) electrons. The van der Waals surface area contributed by atoms with Gasteiger partial charge in [0, 0.05) is 5.56 Å². The van der Waals surface area contributed by atoms with Gasteiger partial charge in [-0.2, -0.15) is 0 Å². The van der Waals surface area contributed by atoms with Crippen LogP contribution in [0.5, 0.6) is 11.5 Å². The first-order valence-electron chi connectivity index (χ1n) is 7.50. The first-order valence-corrected chi connectivity index (χ1v) is 7.50. The Kier molecular flexibility index (Phi) is 4.89. The molecule has 2 aromatic carbocycles. The molecular weight excluding hydrogens is 260 g/mol. The van der Waals surface area contributed by atoms with Gasteiger partial charge in [0.25, 0.3) is 0 Å². The summed E-state index contributed by atoms with van der Waals surface area (Å²) in [5.74, 6) is 1.83. The van der Waals surface area contributed by atoms with E-state index in [2.05, 4.69) is 25.1 Å². The minimum absolute atomic E-state index is 0.162. The van der Waals surface area contributed by atoms with Gasteiger partial charge in [-0.1, -0.05) is 24.3 Å². The van der Waals surface area contributed by atoms with E-state index in [0.717, 1.165) is 17.1 Å². The molecule has 2 heteroatoms. The van der Waals surface area contributed by atoms with E-state index in [9.17, 15) is 0 Å². The summed E-state index contributed by atoms with van der Waals surface area (Å²) in [5.41, 5.74) is 3.50. The number of rotatable bonds is 5. The normalized spacial score (nSPS) is 11.0. The van der Waals surface area contributed by atoms with Crippen LogP contribution in [-0.2, 0) is 0 Å². The molecule has 0 aliphatic carbocycles. The van der Waals surface area contributed by atoms with Gasteiger partial charge in [-0.3, -0.25) is 0 Å². The van der Waals surface area contributed by atoms with Gasteiger partial charge in [0.05, 0.1) is 12.2 Å². The second-order valence-electron chi connectivity index (χ2n) is 5.81. The molecule has 0 amide bonds. The fourth-order valence-corrected chi connectivity index (χ4v) is 2.33. The molecule has 0 heterocycles. The first kappa shape index (κ1) is 15.4. The third-order valence-electron chi connectivity index (χ3n) is 3.11. The van der Waals surface area contributed by atoms with Gasteiger partial charge in [-0.15, -0.1) is 0 Å². The summed E-state index contributed by atoms with van der Waals surface area (Å²) in [4.78, 5) is 0. The molecule has 2 aromatic rings. The van der Waals surface area contributed by atoms with E-state index in [1.54, 1.807) is 0 Å². The van der Waals surface area contributed by atoms with Crippen LogP contribution in [0, 0.1) is 6.92 Å². The van der Waals surface area contributed by atoms with Crippen LogP contribution in [0.3, 0.4) is 0 Å². The van der Waals surface area contributed by atoms with E-state index in [1.165, 1.54) is 11.1 Å². The topological polar surface area (TPSA) is 18.5 Å². The lowest BCUT2D eigenvalue weighted by molar-refractivity contribution is 0.242. The standard InChI is InChI=1S/C19H24O2/c1-13(2)20-16-10-11-17(15(5)12-16)18-8-6-7-9-19(18)21-14(3)4/h6-14H,1-5H3. The molecule has 0 aliphatic heterocycles. The Hall–Kier alpha value is -1.96. The zero-order chi connectivity index (χ0) is 15.4. The predicted molar refractivity (Wildman–Crippen MR) is 88.1 cm³/mol. The smallest absolute Gasteiger partial charge is 0.127 e. The third-order valence-corrected chi connectivity index (χ3v) is 3.11. The molecule has 0 N–H and O–H groups in total. The minimum atomic E-state index is 0.162. The molecule has 0 saturated carbocycles. The second kappa shape index (κ2) is 6.66. The maximum Gasteiger partial charge on any atom is 0.127 e. The van der Waals surface area contributed by atoms with Crippen LogP contribution in [0.2, 0.25) is 0 Å². The van der Waals surface area contributed by atoms with Crippen LogP contribution in [0.15, 0.2) is 42.5 Å². The summed E-state index contributed by atoms with van der Waals surface area (Å²) >= 11 is 0. The largest absolute Gasteiger partial charge is 0.491 e. The Morgan fingerprint density at radius 2 is 1.43 bits per heavy atom. The molecule has 0 saturated heterocycles. The minimum Gasteiger partial charge on any atom is -0.491 e. The van der Waals surface area contributed by atoms with Crippen molar-refractivity contribution in [2.24, 2.45) is 0 Å². The van der Waals surface area contributed by atoms with E-state index in [-0.39, 0.29) is 12.2 Å². The third kappa shape index (κ3) is 4.01. The predicted octanol–water partition coefficient (Wildman–Crippen LogP) is 5.24. The van der Waals surface area contributed by atoms with Crippen LogP contribution in [-0.4, -0.2) is 12.2 Å². The Bertz CT molecular complexity index is 600. The van der Waals surface area contributed by atoms with Gasteiger partial charge in [0.15, 0.2) is 0 Å². The lowest BCUT2D eigenvalue weighted by Gasteiger charge is -2.17. The zero-order valence-corrected chi connectivity index (χ0v) is 13.5. The highest BCUT2D eigenvalue weighted by Gasteiger charge is 2.10. The average Bonchev–Trinajstić information content (AvgIpc) is 2.38. The number of ether oxygens (including phenoxy) is 2. The summed E-state index contributed by atoms with van der Waals surface area (Å²) in [6, 6.07) is 14.4. The van der Waals surface area contributed by atoms with Crippen molar-refractivity contribution >= 4 is 0 Å². The van der Waals surface area contributed by atoms with E-state index >= 15 is 0 Å². The highest BCUT2D eigenvalue weighted by molar-refractivity contribution is 5.73. The molecule has 0 spiro atoms. The maximum atomic E-state index is 5.92. The van der Waals surface area contributed by atoms with E-state index < -0.39 is 0 Å². The van der Waals surface area contributed by atoms with Gasteiger partial charge in [-0.25, -0.2) is 0 Å². The molecule has 0 fully saturated rings. The zero-order valence-electron chi connectivity index (χ0n) is 13.5. The average molecular weight is 284 g/mol. The Labute approximate surface area is 127 Å². The van der Waals surface area contributed by atoms with Crippen LogP contribution in [0.25, 0.3) is 11.1 Å². The van der Waals surface area contributed by atoms with E-state index in [1.807, 2.05) is 52.0 Å². The fourth-order valence-electron chi connectivity index (χ4n) is 2.33. The van der Waals surface area contributed by atoms with Crippen molar-refractivity contribution in [2.45, 2.75) is 46.8 Å². The summed E-state index contributed by atoms with van der Waals surface area (Å²) in [7, 11) is 0. The summed E-state index contributed by atoms with van der Waals surface area (Å²) in [6.45, 7) is 10.3. The molecule has 2 nitrogen and oxygen atoms in total. The number of hydrogen-bond donors (Lipinski definition) is 0. The van der Waals surface area contributed by atoms with Crippen LogP contribution >= 0.6 is 0 Å². The van der Waals surface area contributed by atoms with E-state index in [4.69, 9.17) is 9.47 Å². The quantitative estimate of drug-likeness (QED) is 0.748. The van der Waals surface area contributed by atoms with Crippen molar-refractivity contribution in [3.05, 3.63) is 48.0 Å². The number of para-hydroxylation sites is 1. The van der Waals surface area contributed by atoms with Gasteiger partial charge in [-0.05, 0) is 63.9 Å². The molecule has 0 bridgehead atoms. The Morgan fingerprint density at radius 3 is 2.05 bits per heavy atom. The number of aryl methyl sites for hydroxylation is 1. The van der Waals surface area contributed by atoms with Gasteiger partial charge < -0.3 is 9.47 Å². The molecule has 0 aromatic heterocycles. The van der Waals surface area contributed by atoms with Gasteiger partial charge in [0.2, 0.25) is 0 Å². The lowest BCUT2D eigenvalue weighted by atomic mass is 9.99.